The second kappa shape index (κ2) is 10.5. The maximum absolute atomic E-state index is 14.2. The van der Waals surface area contributed by atoms with Crippen LogP contribution in [0.3, 0.4) is 0 Å². The number of hydrogen-bond donors (Lipinski definition) is 1. The number of pyridine rings is 1. The number of benzene rings is 1. The van der Waals surface area contributed by atoms with E-state index in [0.717, 1.165) is 11.1 Å². The Morgan fingerprint density at radius 3 is 2.76 bits per heavy atom. The molecule has 0 saturated carbocycles. The minimum Gasteiger partial charge on any atom is -0.469 e. The number of hydrogen-bond acceptors (Lipinski definition) is 6. The van der Waals surface area contributed by atoms with Gasteiger partial charge < -0.3 is 10.1 Å². The standard InChI is InChI=1S/C19H20FN3O4.C2H6.H2/c1-12-3-4-15(14(20)9-12)22-16-11-21-10-13-5-7-23(19(25)18(13)16)27-8-6-17(24)26-2;1-2;/h3-4,9-11,22H,5-8H2,1-2H3;1-2H3;1H. The van der Waals surface area contributed by atoms with Gasteiger partial charge in [-0.2, -0.15) is 0 Å². The highest BCUT2D eigenvalue weighted by atomic mass is 19.1. The molecule has 1 aromatic carbocycles. The van der Waals surface area contributed by atoms with Gasteiger partial charge in [0.2, 0.25) is 0 Å². The molecule has 0 spiro atoms. The molecule has 1 N–H and O–H groups in total. The van der Waals surface area contributed by atoms with Crippen LogP contribution in [-0.2, 0) is 20.8 Å². The van der Waals surface area contributed by atoms with Crippen molar-refractivity contribution in [3.8, 4) is 0 Å². The zero-order valence-electron chi connectivity index (χ0n) is 17.1. The fraction of sp³-hybridized carbons (Fsp3) is 0.381. The predicted octanol–water partition coefficient (Wildman–Crippen LogP) is 4.04. The van der Waals surface area contributed by atoms with Crippen LogP contribution in [0, 0.1) is 12.7 Å². The van der Waals surface area contributed by atoms with Crippen molar-refractivity contribution in [1.29, 1.82) is 0 Å². The Balaban J connectivity index is 0.00000146. The van der Waals surface area contributed by atoms with Crippen LogP contribution in [0.2, 0.25) is 0 Å². The molecule has 1 aliphatic rings. The van der Waals surface area contributed by atoms with Crippen LogP contribution in [0.15, 0.2) is 30.6 Å². The highest BCUT2D eigenvalue weighted by Gasteiger charge is 2.28. The summed E-state index contributed by atoms with van der Waals surface area (Å²) in [6, 6.07) is 4.80. The molecule has 0 unspecified atom stereocenters. The number of carbonyl (C=O) groups is 2. The number of halogens is 1. The van der Waals surface area contributed by atoms with Gasteiger partial charge >= 0.3 is 5.97 Å². The molecule has 158 valence electrons. The first-order chi connectivity index (χ1) is 14.0. The number of methoxy groups -OCH3 is 1. The van der Waals surface area contributed by atoms with Crippen molar-refractivity contribution in [1.82, 2.24) is 10.0 Å². The molecule has 29 heavy (non-hydrogen) atoms. The normalized spacial score (nSPS) is 12.6. The number of fused-ring (bicyclic) bond motifs is 1. The van der Waals surface area contributed by atoms with Gasteiger partial charge in [-0.25, -0.2) is 9.45 Å². The second-order valence-corrected chi connectivity index (χ2v) is 6.15. The molecule has 0 radical (unpaired) electrons. The number of carbonyl (C=O) groups excluding carboxylic acids is 2. The molecule has 1 aliphatic heterocycles. The average molecular weight is 405 g/mol. The Bertz CT molecular complexity index is 879. The molecule has 1 amide bonds. The Morgan fingerprint density at radius 2 is 2.07 bits per heavy atom. The molecule has 7 nitrogen and oxygen atoms in total. The number of anilines is 2. The first-order valence-electron chi connectivity index (χ1n) is 9.51. The topological polar surface area (TPSA) is 80.8 Å². The van der Waals surface area contributed by atoms with Crippen molar-refractivity contribution in [3.05, 3.63) is 53.1 Å². The van der Waals surface area contributed by atoms with Gasteiger partial charge in [-0.1, -0.05) is 19.9 Å². The molecule has 8 heteroatoms. The number of esters is 1. The van der Waals surface area contributed by atoms with Gasteiger partial charge in [-0.05, 0) is 36.6 Å². The smallest absolute Gasteiger partial charge is 0.307 e. The van der Waals surface area contributed by atoms with Crippen LogP contribution in [0.5, 0.6) is 0 Å². The summed E-state index contributed by atoms with van der Waals surface area (Å²) in [4.78, 5) is 33.6. The average Bonchev–Trinajstić information content (AvgIpc) is 2.73. The number of nitrogens with zero attached hydrogens (tertiary/aromatic N) is 2. The van der Waals surface area contributed by atoms with Crippen molar-refractivity contribution < 1.29 is 25.0 Å². The molecule has 0 atom stereocenters. The summed E-state index contributed by atoms with van der Waals surface area (Å²) >= 11 is 0. The summed E-state index contributed by atoms with van der Waals surface area (Å²) in [6.45, 7) is 6.18. The quantitative estimate of drug-likeness (QED) is 0.731. The van der Waals surface area contributed by atoms with Gasteiger partial charge in [-0.15, -0.1) is 0 Å². The predicted molar refractivity (Wildman–Crippen MR) is 109 cm³/mol. The molecule has 0 fully saturated rings. The summed E-state index contributed by atoms with van der Waals surface area (Å²) in [5.74, 6) is -1.19. The SMILES string of the molecule is CC.COC(=O)CCON1CCc2cncc(Nc3ccc(C)cc3F)c2C1=O.[HH]. The summed E-state index contributed by atoms with van der Waals surface area (Å²) in [5.41, 5.74) is 2.60. The highest BCUT2D eigenvalue weighted by Crippen LogP contribution is 2.29. The molecular weight excluding hydrogens is 377 g/mol. The van der Waals surface area contributed by atoms with Gasteiger partial charge in [0.25, 0.3) is 5.91 Å². The van der Waals surface area contributed by atoms with Gasteiger partial charge in [0.1, 0.15) is 5.82 Å². The lowest BCUT2D eigenvalue weighted by atomic mass is 10.0. The van der Waals surface area contributed by atoms with E-state index in [1.165, 1.54) is 24.4 Å². The van der Waals surface area contributed by atoms with Crippen LogP contribution in [0.25, 0.3) is 0 Å². The zero-order chi connectivity index (χ0) is 21.4. The zero-order valence-corrected chi connectivity index (χ0v) is 17.1. The lowest BCUT2D eigenvalue weighted by Crippen LogP contribution is -2.38. The van der Waals surface area contributed by atoms with Crippen molar-refractivity contribution in [2.24, 2.45) is 0 Å². The third-order valence-electron chi connectivity index (χ3n) is 4.22. The van der Waals surface area contributed by atoms with E-state index in [9.17, 15) is 14.0 Å². The monoisotopic (exact) mass is 405 g/mol. The minimum absolute atomic E-state index is 0. The summed E-state index contributed by atoms with van der Waals surface area (Å²) < 4.78 is 18.7. The van der Waals surface area contributed by atoms with Crippen molar-refractivity contribution in [2.75, 3.05) is 25.6 Å². The van der Waals surface area contributed by atoms with E-state index in [2.05, 4.69) is 15.0 Å². The lowest BCUT2D eigenvalue weighted by Gasteiger charge is -2.28. The maximum Gasteiger partial charge on any atom is 0.307 e. The first-order valence-corrected chi connectivity index (χ1v) is 9.51. The third kappa shape index (κ3) is 5.51. The van der Waals surface area contributed by atoms with Crippen molar-refractivity contribution in [3.63, 3.8) is 0 Å². The first kappa shape index (κ1) is 22.3. The number of amides is 1. The van der Waals surface area contributed by atoms with Crippen LogP contribution in [0.1, 0.15) is 43.2 Å². The molecule has 0 saturated heterocycles. The number of rotatable bonds is 6. The van der Waals surface area contributed by atoms with Crippen LogP contribution in [-0.4, -0.2) is 42.2 Å². The van der Waals surface area contributed by atoms with E-state index in [1.807, 2.05) is 13.8 Å². The molecule has 0 bridgehead atoms. The molecule has 0 aliphatic carbocycles. The van der Waals surface area contributed by atoms with Crippen LogP contribution in [0.4, 0.5) is 15.8 Å². The third-order valence-corrected chi connectivity index (χ3v) is 4.22. The fourth-order valence-electron chi connectivity index (χ4n) is 2.82. The summed E-state index contributed by atoms with van der Waals surface area (Å²) in [6.07, 6.45) is 3.69. The number of nitrogens with one attached hydrogen (secondary N) is 1. The molecule has 3 rings (SSSR count). The largest absolute Gasteiger partial charge is 0.469 e. The Labute approximate surface area is 171 Å². The van der Waals surface area contributed by atoms with Crippen LogP contribution < -0.4 is 5.32 Å². The molecule has 1 aromatic heterocycles. The van der Waals surface area contributed by atoms with Gasteiger partial charge in [0.05, 0.1) is 49.8 Å². The number of ether oxygens (including phenoxy) is 1. The van der Waals surface area contributed by atoms with E-state index < -0.39 is 11.8 Å². The van der Waals surface area contributed by atoms with E-state index in [-0.39, 0.29) is 26.0 Å². The highest BCUT2D eigenvalue weighted by molar-refractivity contribution is 6.01. The minimum atomic E-state index is -0.415. The number of aryl methyl sites for hydroxylation is 1. The fourth-order valence-corrected chi connectivity index (χ4v) is 2.82. The van der Waals surface area contributed by atoms with Gasteiger partial charge in [-0.3, -0.25) is 19.4 Å². The number of aromatic nitrogens is 1. The van der Waals surface area contributed by atoms with Crippen molar-refractivity contribution in [2.45, 2.75) is 33.6 Å². The Kier molecular flexibility index (Phi) is 8.09. The lowest BCUT2D eigenvalue weighted by molar-refractivity contribution is -0.152. The second-order valence-electron chi connectivity index (χ2n) is 6.15. The molecular formula is C21H28FN3O4. The molecule has 2 heterocycles. The maximum atomic E-state index is 14.2. The Hall–Kier alpha value is -3.00. The van der Waals surface area contributed by atoms with Crippen molar-refractivity contribution >= 4 is 23.3 Å². The van der Waals surface area contributed by atoms with Crippen LogP contribution >= 0.6 is 0 Å². The van der Waals surface area contributed by atoms with E-state index in [1.54, 1.807) is 25.3 Å². The summed E-state index contributed by atoms with van der Waals surface area (Å²) in [5, 5.41) is 4.16. The van der Waals surface area contributed by atoms with E-state index >= 15 is 0 Å². The van der Waals surface area contributed by atoms with E-state index in [0.29, 0.717) is 24.2 Å². The Morgan fingerprint density at radius 1 is 1.31 bits per heavy atom. The number of hydroxylamine groups is 2. The van der Waals surface area contributed by atoms with Gasteiger partial charge in [0.15, 0.2) is 0 Å². The summed E-state index contributed by atoms with van der Waals surface area (Å²) in [7, 11) is 1.29. The molecule has 2 aromatic rings. The van der Waals surface area contributed by atoms with Gasteiger partial charge in [0, 0.05) is 7.62 Å². The van der Waals surface area contributed by atoms with E-state index in [4.69, 9.17) is 4.84 Å².